The predicted octanol–water partition coefficient (Wildman–Crippen LogP) is 3.29. The maximum absolute atomic E-state index is 12.9. The first-order chi connectivity index (χ1) is 12.5. The zero-order valence-corrected chi connectivity index (χ0v) is 14.9. The summed E-state index contributed by atoms with van der Waals surface area (Å²) in [6.07, 6.45) is 0.186. The Morgan fingerprint density at radius 1 is 1.15 bits per heavy atom. The van der Waals surface area contributed by atoms with Crippen molar-refractivity contribution in [3.63, 3.8) is 0 Å². The van der Waals surface area contributed by atoms with Crippen LogP contribution in [0, 0.1) is 6.92 Å². The van der Waals surface area contributed by atoms with Gasteiger partial charge in [-0.3, -0.25) is 9.59 Å². The summed E-state index contributed by atoms with van der Waals surface area (Å²) >= 11 is 0. The van der Waals surface area contributed by atoms with Crippen LogP contribution in [-0.4, -0.2) is 26.0 Å². The molecular weight excluding hydrogens is 332 g/mol. The van der Waals surface area contributed by atoms with Crippen LogP contribution < -0.4 is 15.4 Å². The highest BCUT2D eigenvalue weighted by atomic mass is 16.5. The van der Waals surface area contributed by atoms with Gasteiger partial charge in [-0.2, -0.15) is 0 Å². The lowest BCUT2D eigenvalue weighted by Crippen LogP contribution is -2.21. The van der Waals surface area contributed by atoms with E-state index in [0.29, 0.717) is 33.7 Å². The van der Waals surface area contributed by atoms with Crippen molar-refractivity contribution in [2.75, 3.05) is 19.5 Å². The second-order valence-electron chi connectivity index (χ2n) is 5.86. The summed E-state index contributed by atoms with van der Waals surface area (Å²) in [7, 11) is 3.15. The third-order valence-electron chi connectivity index (χ3n) is 4.19. The number of nitrogens with one attached hydrogen (secondary N) is 2. The molecule has 0 fully saturated rings. The van der Waals surface area contributed by atoms with Crippen LogP contribution in [0.3, 0.4) is 0 Å². The molecule has 0 radical (unpaired) electrons. The molecule has 1 heterocycles. The standard InChI is InChI=1S/C20H20N2O4/c1-12-19(15-11-14(25-3)8-9-17(15)26-12)20(24)22-16-7-5-4-6-13(16)10-18(23)21-2/h4-9,11H,10H2,1-3H3,(H,21,23)(H,22,24). The van der Waals surface area contributed by atoms with Gasteiger partial charge in [0.2, 0.25) is 5.91 Å². The van der Waals surface area contributed by atoms with E-state index in [0.717, 1.165) is 5.56 Å². The van der Waals surface area contributed by atoms with Crippen LogP contribution in [0.2, 0.25) is 0 Å². The fraction of sp³-hybridized carbons (Fsp3) is 0.200. The molecule has 2 aromatic carbocycles. The number of likely N-dealkylation sites (N-methyl/N-ethyl adjacent to an activating group) is 1. The molecule has 6 nitrogen and oxygen atoms in total. The maximum Gasteiger partial charge on any atom is 0.259 e. The van der Waals surface area contributed by atoms with E-state index in [9.17, 15) is 9.59 Å². The summed E-state index contributed by atoms with van der Waals surface area (Å²) in [4.78, 5) is 24.6. The Morgan fingerprint density at radius 2 is 1.92 bits per heavy atom. The SMILES string of the molecule is CNC(=O)Cc1ccccc1NC(=O)c1c(C)oc2ccc(OC)cc12. The molecule has 1 aromatic heterocycles. The second-order valence-corrected chi connectivity index (χ2v) is 5.86. The van der Waals surface area contributed by atoms with Gasteiger partial charge in [0.05, 0.1) is 19.1 Å². The number of carbonyl (C=O) groups excluding carboxylic acids is 2. The fourth-order valence-electron chi connectivity index (χ4n) is 2.85. The van der Waals surface area contributed by atoms with E-state index < -0.39 is 0 Å². The normalized spacial score (nSPS) is 10.6. The number of carbonyl (C=O) groups is 2. The molecule has 2 amide bonds. The highest BCUT2D eigenvalue weighted by Crippen LogP contribution is 2.30. The molecule has 3 rings (SSSR count). The van der Waals surface area contributed by atoms with Crippen molar-refractivity contribution in [1.29, 1.82) is 0 Å². The summed E-state index contributed by atoms with van der Waals surface area (Å²) in [5, 5.41) is 6.16. The first-order valence-corrected chi connectivity index (χ1v) is 8.20. The number of ether oxygens (including phenoxy) is 1. The minimum absolute atomic E-state index is 0.124. The number of amides is 2. The summed E-state index contributed by atoms with van der Waals surface area (Å²) in [6.45, 7) is 1.75. The van der Waals surface area contributed by atoms with Gasteiger partial charge in [0.25, 0.3) is 5.91 Å². The Kier molecular flexibility index (Phi) is 4.93. The van der Waals surface area contributed by atoms with Crippen LogP contribution in [0.1, 0.15) is 21.7 Å². The molecule has 0 aliphatic rings. The lowest BCUT2D eigenvalue weighted by Gasteiger charge is -2.10. The summed E-state index contributed by atoms with van der Waals surface area (Å²) in [6, 6.07) is 12.6. The van der Waals surface area contributed by atoms with E-state index in [1.54, 1.807) is 45.3 Å². The number of hydrogen-bond donors (Lipinski definition) is 2. The molecule has 0 spiro atoms. The summed E-state index contributed by atoms with van der Waals surface area (Å²) < 4.78 is 10.9. The van der Waals surface area contributed by atoms with Crippen LogP contribution in [0.5, 0.6) is 5.75 Å². The van der Waals surface area contributed by atoms with Gasteiger partial charge in [-0.05, 0) is 36.8 Å². The monoisotopic (exact) mass is 352 g/mol. The molecule has 134 valence electrons. The molecule has 0 aliphatic carbocycles. The average molecular weight is 352 g/mol. The average Bonchev–Trinajstić information content (AvgIpc) is 2.97. The molecule has 0 saturated carbocycles. The lowest BCUT2D eigenvalue weighted by molar-refractivity contribution is -0.119. The second kappa shape index (κ2) is 7.31. The molecule has 3 aromatic rings. The quantitative estimate of drug-likeness (QED) is 0.738. The topological polar surface area (TPSA) is 80.6 Å². The highest BCUT2D eigenvalue weighted by molar-refractivity contribution is 6.13. The number of rotatable bonds is 5. The smallest absolute Gasteiger partial charge is 0.259 e. The lowest BCUT2D eigenvalue weighted by atomic mass is 10.1. The molecule has 0 bridgehead atoms. The Labute approximate surface area is 151 Å². The number of aryl methyl sites for hydroxylation is 1. The molecule has 26 heavy (non-hydrogen) atoms. The number of para-hydroxylation sites is 1. The zero-order chi connectivity index (χ0) is 18.7. The first-order valence-electron chi connectivity index (χ1n) is 8.20. The van der Waals surface area contributed by atoms with Gasteiger partial charge in [0, 0.05) is 18.1 Å². The largest absolute Gasteiger partial charge is 0.497 e. The number of benzene rings is 2. The Bertz CT molecular complexity index is 975. The molecular formula is C20H20N2O4. The third kappa shape index (κ3) is 3.39. The van der Waals surface area contributed by atoms with Crippen molar-refractivity contribution < 1.29 is 18.7 Å². The Morgan fingerprint density at radius 3 is 2.65 bits per heavy atom. The van der Waals surface area contributed by atoms with Crippen molar-refractivity contribution >= 4 is 28.5 Å². The first kappa shape index (κ1) is 17.5. The molecule has 0 saturated heterocycles. The number of fused-ring (bicyclic) bond motifs is 1. The molecule has 0 unspecified atom stereocenters. The van der Waals surface area contributed by atoms with Crippen LogP contribution in [-0.2, 0) is 11.2 Å². The van der Waals surface area contributed by atoms with Crippen molar-refractivity contribution in [3.05, 3.63) is 59.4 Å². The Hall–Kier alpha value is -3.28. The minimum Gasteiger partial charge on any atom is -0.497 e. The number of methoxy groups -OCH3 is 1. The maximum atomic E-state index is 12.9. The van der Waals surface area contributed by atoms with Crippen LogP contribution in [0.15, 0.2) is 46.9 Å². The number of anilines is 1. The molecule has 6 heteroatoms. The van der Waals surface area contributed by atoms with Gasteiger partial charge in [0.1, 0.15) is 17.1 Å². The van der Waals surface area contributed by atoms with Crippen LogP contribution in [0.4, 0.5) is 5.69 Å². The van der Waals surface area contributed by atoms with Gasteiger partial charge >= 0.3 is 0 Å². The van der Waals surface area contributed by atoms with Gasteiger partial charge < -0.3 is 19.8 Å². The van der Waals surface area contributed by atoms with Gasteiger partial charge in [-0.25, -0.2) is 0 Å². The van der Waals surface area contributed by atoms with E-state index >= 15 is 0 Å². The van der Waals surface area contributed by atoms with E-state index in [-0.39, 0.29) is 18.2 Å². The number of furan rings is 1. The van der Waals surface area contributed by atoms with Gasteiger partial charge in [-0.15, -0.1) is 0 Å². The Balaban J connectivity index is 1.95. The van der Waals surface area contributed by atoms with Crippen molar-refractivity contribution in [2.24, 2.45) is 0 Å². The number of hydrogen-bond acceptors (Lipinski definition) is 4. The third-order valence-corrected chi connectivity index (χ3v) is 4.19. The van der Waals surface area contributed by atoms with Crippen LogP contribution >= 0.6 is 0 Å². The summed E-state index contributed by atoms with van der Waals surface area (Å²) in [5.41, 5.74) is 2.40. The van der Waals surface area contributed by atoms with E-state index in [2.05, 4.69) is 10.6 Å². The van der Waals surface area contributed by atoms with E-state index in [1.807, 2.05) is 18.2 Å². The fourth-order valence-corrected chi connectivity index (χ4v) is 2.85. The summed E-state index contributed by atoms with van der Waals surface area (Å²) in [5.74, 6) is 0.752. The van der Waals surface area contributed by atoms with Crippen molar-refractivity contribution in [3.8, 4) is 5.75 Å². The van der Waals surface area contributed by atoms with E-state index in [1.165, 1.54) is 0 Å². The van der Waals surface area contributed by atoms with Crippen molar-refractivity contribution in [1.82, 2.24) is 5.32 Å². The molecule has 0 atom stereocenters. The van der Waals surface area contributed by atoms with Crippen molar-refractivity contribution in [2.45, 2.75) is 13.3 Å². The minimum atomic E-state index is -0.293. The molecule has 0 aliphatic heterocycles. The molecule has 2 N–H and O–H groups in total. The predicted molar refractivity (Wildman–Crippen MR) is 99.7 cm³/mol. The highest BCUT2D eigenvalue weighted by Gasteiger charge is 2.20. The van der Waals surface area contributed by atoms with Gasteiger partial charge in [-0.1, -0.05) is 18.2 Å². The zero-order valence-electron chi connectivity index (χ0n) is 14.9. The van der Waals surface area contributed by atoms with Gasteiger partial charge in [0.15, 0.2) is 0 Å². The van der Waals surface area contributed by atoms with E-state index in [4.69, 9.17) is 9.15 Å². The van der Waals surface area contributed by atoms with Crippen LogP contribution in [0.25, 0.3) is 11.0 Å².